The van der Waals surface area contributed by atoms with Gasteiger partial charge in [-0.3, -0.25) is 9.59 Å². The number of hydrogen-bond donors (Lipinski definition) is 0. The minimum Gasteiger partial charge on any atom is -0.416 e. The lowest BCUT2D eigenvalue weighted by atomic mass is 9.78. The van der Waals surface area contributed by atoms with Crippen molar-refractivity contribution in [2.75, 3.05) is 13.2 Å². The summed E-state index contributed by atoms with van der Waals surface area (Å²) in [5.74, 6) is 0.246. The summed E-state index contributed by atoms with van der Waals surface area (Å²) in [6, 6.07) is 16.6. The van der Waals surface area contributed by atoms with E-state index in [9.17, 15) is 9.59 Å². The molecule has 1 aliphatic heterocycles. The van der Waals surface area contributed by atoms with E-state index in [0.717, 1.165) is 40.8 Å². The second-order valence-corrected chi connectivity index (χ2v) is 36.8. The van der Waals surface area contributed by atoms with Crippen molar-refractivity contribution in [3.05, 3.63) is 96.3 Å². The number of halogens is 1. The molecule has 364 valence electrons. The lowest BCUT2D eigenvalue weighted by Crippen LogP contribution is -2.41. The number of ketones is 2. The third-order valence-electron chi connectivity index (χ3n) is 13.9. The van der Waals surface area contributed by atoms with Gasteiger partial charge in [0.05, 0.1) is 31.0 Å². The molecule has 1 saturated heterocycles. The number of Topliss-reactive ketones (excluding diaryl/α,β-unsaturated/α-hetero) is 2. The second-order valence-electron chi connectivity index (χ2n) is 24.2. The molecule has 2 aromatic carbocycles. The number of thiazole rings is 2. The molecule has 66 heavy (non-hydrogen) atoms. The molecular weight excluding hydrogens is 960 g/mol. The molecule has 0 spiro atoms. The largest absolute Gasteiger partial charge is 0.494 e. The summed E-state index contributed by atoms with van der Waals surface area (Å²) in [5.41, 5.74) is 2.33. The van der Waals surface area contributed by atoms with Gasteiger partial charge in [-0.25, -0.2) is 9.97 Å². The first-order chi connectivity index (χ1) is 29.9. The molecule has 1 fully saturated rings. The number of aromatic nitrogens is 2. The van der Waals surface area contributed by atoms with E-state index in [4.69, 9.17) is 18.2 Å². The molecule has 0 bridgehead atoms. The maximum atomic E-state index is 13.4. The van der Waals surface area contributed by atoms with Crippen LogP contribution in [-0.4, -0.2) is 69.7 Å². The maximum absolute atomic E-state index is 13.4. The van der Waals surface area contributed by atoms with Crippen molar-refractivity contribution >= 4 is 79.4 Å². The van der Waals surface area contributed by atoms with Crippen LogP contribution in [0.25, 0.3) is 0 Å². The van der Waals surface area contributed by atoms with Gasteiger partial charge in [0.1, 0.15) is 0 Å². The van der Waals surface area contributed by atoms with Gasteiger partial charge in [0.15, 0.2) is 28.2 Å². The summed E-state index contributed by atoms with van der Waals surface area (Å²) in [4.78, 5) is 36.9. The summed E-state index contributed by atoms with van der Waals surface area (Å²) in [6.07, 6.45) is 4.29. The fraction of sp³-hybridized carbons (Fsp3) is 0.615. The smallest absolute Gasteiger partial charge is 0.416 e. The second kappa shape index (κ2) is 21.1. The van der Waals surface area contributed by atoms with E-state index in [1.807, 2.05) is 12.1 Å². The average molecular weight is 1040 g/mol. The first kappa shape index (κ1) is 56.4. The molecule has 0 amide bonds. The summed E-state index contributed by atoms with van der Waals surface area (Å²) >= 11 is 6.52. The van der Waals surface area contributed by atoms with Crippen LogP contribution in [0.5, 0.6) is 0 Å². The minimum absolute atomic E-state index is 0.0323. The highest BCUT2D eigenvalue weighted by Gasteiger charge is 2.51. The summed E-state index contributed by atoms with van der Waals surface area (Å²) in [7, 11) is -4.28. The molecule has 2 unspecified atom stereocenters. The van der Waals surface area contributed by atoms with Crippen molar-refractivity contribution in [1.82, 2.24) is 9.97 Å². The van der Waals surface area contributed by atoms with Gasteiger partial charge in [-0.15, -0.1) is 22.7 Å². The predicted octanol–water partition coefficient (Wildman–Crippen LogP) is 14.7. The van der Waals surface area contributed by atoms with Crippen LogP contribution >= 0.6 is 38.6 Å². The lowest BCUT2D eigenvalue weighted by Gasteiger charge is -2.37. The van der Waals surface area contributed by atoms with Crippen LogP contribution in [0.2, 0.25) is 36.3 Å². The SMILES string of the molecule is CC(C)(C)c1ncc(C(=O)CC(CO[Si](C)(C)C(C)(C)C)c2ccc(B3OC(C)(C)C(C)(C)O3)cc2)s1.CC(C)(C)c1ncc(C(=O)CC(CO[Si](C)(C)C(C)(C)C)c2ccc(Br)cc2)s1. The number of nitrogens with zero attached hydrogens (tertiary/aromatic N) is 2. The van der Waals surface area contributed by atoms with Crippen LogP contribution in [0, 0.1) is 0 Å². The Labute approximate surface area is 417 Å². The van der Waals surface area contributed by atoms with Crippen LogP contribution in [0.4, 0.5) is 0 Å². The van der Waals surface area contributed by atoms with Crippen molar-refractivity contribution in [3.63, 3.8) is 0 Å². The van der Waals surface area contributed by atoms with Crippen LogP contribution < -0.4 is 5.46 Å². The maximum Gasteiger partial charge on any atom is 0.494 e. The molecule has 5 rings (SSSR count). The van der Waals surface area contributed by atoms with Gasteiger partial charge in [0.2, 0.25) is 0 Å². The van der Waals surface area contributed by atoms with Gasteiger partial charge in [-0.05, 0) is 92.7 Å². The molecule has 2 atom stereocenters. The van der Waals surface area contributed by atoms with Crippen LogP contribution in [0.3, 0.4) is 0 Å². The van der Waals surface area contributed by atoms with Crippen molar-refractivity contribution in [1.29, 1.82) is 0 Å². The number of rotatable bonds is 15. The van der Waals surface area contributed by atoms with Crippen LogP contribution in [0.15, 0.2) is 65.4 Å². The van der Waals surface area contributed by atoms with Crippen molar-refractivity contribution < 1.29 is 27.7 Å². The van der Waals surface area contributed by atoms with Crippen molar-refractivity contribution in [2.45, 2.75) is 194 Å². The Morgan fingerprint density at radius 1 is 0.621 bits per heavy atom. The highest BCUT2D eigenvalue weighted by Crippen LogP contribution is 2.41. The number of carbonyl (C=O) groups is 2. The van der Waals surface area contributed by atoms with Gasteiger partial charge < -0.3 is 18.2 Å². The zero-order valence-corrected chi connectivity index (χ0v) is 49.1. The molecule has 0 saturated carbocycles. The highest BCUT2D eigenvalue weighted by atomic mass is 79.9. The molecule has 0 aliphatic carbocycles. The van der Waals surface area contributed by atoms with Gasteiger partial charge in [0.25, 0.3) is 0 Å². The summed E-state index contributed by atoms with van der Waals surface area (Å²) in [5, 5.41) is 2.22. The fourth-order valence-corrected chi connectivity index (χ4v) is 10.6. The first-order valence-corrected chi connectivity index (χ1v) is 31.7. The third-order valence-corrected chi connectivity index (χ3v) is 26.3. The normalized spacial score (nSPS) is 16.7. The Hall–Kier alpha value is -2.14. The fourth-order valence-electron chi connectivity index (χ4n) is 6.38. The monoisotopic (exact) mass is 1040 g/mol. The van der Waals surface area contributed by atoms with E-state index >= 15 is 0 Å². The van der Waals surface area contributed by atoms with Crippen LogP contribution in [0.1, 0.15) is 176 Å². The number of carbonyl (C=O) groups excluding carboxylic acids is 2. The molecule has 0 radical (unpaired) electrons. The van der Waals surface area contributed by atoms with Crippen molar-refractivity contribution in [3.8, 4) is 0 Å². The third kappa shape index (κ3) is 14.7. The minimum atomic E-state index is -1.98. The van der Waals surface area contributed by atoms with E-state index in [2.05, 4.69) is 199 Å². The zero-order valence-electron chi connectivity index (χ0n) is 43.9. The topological polar surface area (TPSA) is 96.8 Å². The van der Waals surface area contributed by atoms with E-state index in [-0.39, 0.29) is 55.5 Å². The molecule has 0 N–H and O–H groups in total. The van der Waals surface area contributed by atoms with Crippen molar-refractivity contribution in [2.24, 2.45) is 0 Å². The molecule has 3 heterocycles. The Balaban J connectivity index is 0.000000297. The summed E-state index contributed by atoms with van der Waals surface area (Å²) in [6.45, 7) is 44.5. The Morgan fingerprint density at radius 2 is 0.955 bits per heavy atom. The highest BCUT2D eigenvalue weighted by molar-refractivity contribution is 9.10. The zero-order chi connectivity index (χ0) is 50.1. The van der Waals surface area contributed by atoms with Crippen LogP contribution in [-0.2, 0) is 29.0 Å². The Morgan fingerprint density at radius 3 is 1.26 bits per heavy atom. The molecular formula is C52H80BBrN2O6S2Si2. The van der Waals surface area contributed by atoms with Gasteiger partial charge in [-0.1, -0.05) is 135 Å². The quantitative estimate of drug-likeness (QED) is 0.0858. The van der Waals surface area contributed by atoms with E-state index in [1.54, 1.807) is 12.4 Å². The average Bonchev–Trinajstić information content (AvgIpc) is 3.94. The van der Waals surface area contributed by atoms with Gasteiger partial charge in [0, 0.05) is 65.6 Å². The molecule has 2 aromatic heterocycles. The molecule has 4 aromatic rings. The first-order valence-electron chi connectivity index (χ1n) is 23.4. The number of hydrogen-bond acceptors (Lipinski definition) is 10. The van der Waals surface area contributed by atoms with Gasteiger partial charge in [-0.2, -0.15) is 0 Å². The molecule has 14 heteroatoms. The molecule has 8 nitrogen and oxygen atoms in total. The molecule has 1 aliphatic rings. The predicted molar refractivity (Wildman–Crippen MR) is 288 cm³/mol. The standard InChI is InChI=1S/C29H46BNO4SSi.C23H34BrNO2SSi/c1-26(2,3)25-31-18-24(36-25)23(32)17-21(19-33-37(11,12)27(4,5)6)20-13-15-22(16-14-20)30-34-28(7,8)29(9,10)35-30;1-22(2,3)21-25-14-20(28-21)19(26)13-17(16-9-11-18(24)12-10-16)15-27-29(7,8)23(4,5)6/h13-16,18,21H,17,19H2,1-12H3;9-12,14,17H,13,15H2,1-8H3. The Kier molecular flexibility index (Phi) is 18.0. The Bertz CT molecular complexity index is 2230. The van der Waals surface area contributed by atoms with Gasteiger partial charge >= 0.3 is 7.12 Å². The van der Waals surface area contributed by atoms with E-state index in [1.165, 1.54) is 22.7 Å². The van der Waals surface area contributed by atoms with E-state index in [0.29, 0.717) is 26.1 Å². The summed E-state index contributed by atoms with van der Waals surface area (Å²) < 4.78 is 26.6. The van der Waals surface area contributed by atoms with E-state index < -0.39 is 23.8 Å². The lowest BCUT2D eigenvalue weighted by molar-refractivity contribution is 0.00578. The number of benzene rings is 2.